The molecule has 0 aliphatic heterocycles. The van der Waals surface area contributed by atoms with Crippen LogP contribution in [0, 0.1) is 5.92 Å². The summed E-state index contributed by atoms with van der Waals surface area (Å²) in [6.07, 6.45) is 3.80. The Hall–Kier alpha value is -0.610. The zero-order valence-electron chi connectivity index (χ0n) is 10.6. The largest absolute Gasteiger partial charge is 0.378 e. The number of hydrogen-bond donors (Lipinski definition) is 2. The first kappa shape index (κ1) is 13.5. The van der Waals surface area contributed by atoms with Gasteiger partial charge in [-0.05, 0) is 32.6 Å². The first-order valence-electron chi connectivity index (χ1n) is 6.02. The lowest BCUT2D eigenvalue weighted by molar-refractivity contribution is -0.126. The maximum absolute atomic E-state index is 11.6. The van der Waals surface area contributed by atoms with Crippen molar-refractivity contribution < 1.29 is 9.53 Å². The Morgan fingerprint density at radius 3 is 2.69 bits per heavy atom. The van der Waals surface area contributed by atoms with Crippen LogP contribution >= 0.6 is 0 Å². The van der Waals surface area contributed by atoms with Crippen molar-refractivity contribution in [1.29, 1.82) is 0 Å². The van der Waals surface area contributed by atoms with E-state index in [0.717, 1.165) is 12.8 Å². The topological polar surface area (TPSA) is 64.3 Å². The highest BCUT2D eigenvalue weighted by molar-refractivity contribution is 5.76. The molecule has 1 amide bonds. The van der Waals surface area contributed by atoms with Gasteiger partial charge < -0.3 is 15.8 Å². The first-order chi connectivity index (χ1) is 7.44. The lowest BCUT2D eigenvalue weighted by Gasteiger charge is -2.23. The molecular weight excluding hydrogens is 204 g/mol. The third-order valence-corrected chi connectivity index (χ3v) is 3.42. The summed E-state index contributed by atoms with van der Waals surface area (Å²) in [5.74, 6) is 0.501. The third-order valence-electron chi connectivity index (χ3n) is 3.42. The fourth-order valence-electron chi connectivity index (χ4n) is 2.09. The highest BCUT2D eigenvalue weighted by atomic mass is 16.5. The van der Waals surface area contributed by atoms with Gasteiger partial charge in [-0.1, -0.05) is 6.42 Å². The van der Waals surface area contributed by atoms with E-state index in [1.165, 1.54) is 6.42 Å². The minimum Gasteiger partial charge on any atom is -0.378 e. The molecule has 0 aromatic carbocycles. The Morgan fingerprint density at radius 1 is 1.50 bits per heavy atom. The van der Waals surface area contributed by atoms with Crippen LogP contribution in [0.5, 0.6) is 0 Å². The Morgan fingerprint density at radius 2 is 2.19 bits per heavy atom. The zero-order valence-corrected chi connectivity index (χ0v) is 10.6. The van der Waals surface area contributed by atoms with E-state index in [-0.39, 0.29) is 17.6 Å². The van der Waals surface area contributed by atoms with Crippen molar-refractivity contribution in [2.75, 3.05) is 13.7 Å². The minimum absolute atomic E-state index is 0.0472. The Bertz CT molecular complexity index is 241. The normalized spacial score (nSPS) is 25.8. The van der Waals surface area contributed by atoms with Crippen LogP contribution in [0.15, 0.2) is 0 Å². The van der Waals surface area contributed by atoms with Gasteiger partial charge in [0.15, 0.2) is 0 Å². The molecule has 16 heavy (non-hydrogen) atoms. The number of carbonyl (C=O) groups is 1. The maximum Gasteiger partial charge on any atom is 0.222 e. The molecular formula is C12H24N2O2. The van der Waals surface area contributed by atoms with Gasteiger partial charge in [0.05, 0.1) is 12.0 Å². The molecule has 0 heterocycles. The molecule has 1 rings (SSSR count). The van der Waals surface area contributed by atoms with E-state index in [1.54, 1.807) is 7.11 Å². The predicted octanol–water partition coefficient (Wildman–Crippen LogP) is 1.05. The number of nitrogens with two attached hydrogens (primary N) is 1. The smallest absolute Gasteiger partial charge is 0.222 e. The fourth-order valence-corrected chi connectivity index (χ4v) is 2.09. The summed E-state index contributed by atoms with van der Waals surface area (Å²) in [4.78, 5) is 11.6. The molecule has 0 aromatic heterocycles. The standard InChI is InChI=1S/C12H24N2O2/c1-12(2,16-3)7-11(15)14-8-9-5-4-6-10(9)13/h9-10H,4-8,13H2,1-3H3,(H,14,15). The molecule has 1 aliphatic rings. The number of carbonyl (C=O) groups excluding carboxylic acids is 1. The Balaban J connectivity index is 2.25. The van der Waals surface area contributed by atoms with Crippen LogP contribution in [0.1, 0.15) is 39.5 Å². The summed E-state index contributed by atoms with van der Waals surface area (Å²) < 4.78 is 5.22. The quantitative estimate of drug-likeness (QED) is 0.739. The first-order valence-corrected chi connectivity index (χ1v) is 6.02. The molecule has 0 radical (unpaired) electrons. The fraction of sp³-hybridized carbons (Fsp3) is 0.917. The van der Waals surface area contributed by atoms with Crippen molar-refractivity contribution in [3.05, 3.63) is 0 Å². The second-order valence-electron chi connectivity index (χ2n) is 5.30. The monoisotopic (exact) mass is 228 g/mol. The average molecular weight is 228 g/mol. The number of nitrogens with one attached hydrogen (secondary N) is 1. The molecule has 0 bridgehead atoms. The van der Waals surface area contributed by atoms with Crippen LogP contribution in [0.3, 0.4) is 0 Å². The number of rotatable bonds is 5. The minimum atomic E-state index is -0.387. The van der Waals surface area contributed by atoms with E-state index in [1.807, 2.05) is 13.8 Å². The van der Waals surface area contributed by atoms with E-state index in [0.29, 0.717) is 18.9 Å². The molecule has 94 valence electrons. The third kappa shape index (κ3) is 4.10. The molecule has 0 aromatic rings. The van der Waals surface area contributed by atoms with Gasteiger partial charge in [-0.3, -0.25) is 4.79 Å². The van der Waals surface area contributed by atoms with E-state index < -0.39 is 0 Å². The highest BCUT2D eigenvalue weighted by Gasteiger charge is 2.25. The van der Waals surface area contributed by atoms with Gasteiger partial charge >= 0.3 is 0 Å². The summed E-state index contributed by atoms with van der Waals surface area (Å²) in [6, 6.07) is 0.260. The maximum atomic E-state index is 11.6. The van der Waals surface area contributed by atoms with Crippen molar-refractivity contribution in [1.82, 2.24) is 5.32 Å². The van der Waals surface area contributed by atoms with Gasteiger partial charge in [0, 0.05) is 19.7 Å². The van der Waals surface area contributed by atoms with Crippen LogP contribution in [-0.4, -0.2) is 31.2 Å². The van der Waals surface area contributed by atoms with Gasteiger partial charge in [-0.15, -0.1) is 0 Å². The Labute approximate surface area is 97.9 Å². The lowest BCUT2D eigenvalue weighted by Crippen LogP contribution is -2.39. The van der Waals surface area contributed by atoms with Crippen molar-refractivity contribution in [2.45, 2.75) is 51.2 Å². The number of amides is 1. The Kier molecular flexibility index (Phi) is 4.74. The van der Waals surface area contributed by atoms with Gasteiger partial charge in [-0.2, -0.15) is 0 Å². The van der Waals surface area contributed by atoms with E-state index >= 15 is 0 Å². The highest BCUT2D eigenvalue weighted by Crippen LogP contribution is 2.23. The second-order valence-corrected chi connectivity index (χ2v) is 5.30. The molecule has 3 N–H and O–H groups in total. The van der Waals surface area contributed by atoms with Crippen molar-refractivity contribution in [3.63, 3.8) is 0 Å². The van der Waals surface area contributed by atoms with Crippen LogP contribution < -0.4 is 11.1 Å². The summed E-state index contributed by atoms with van der Waals surface area (Å²) >= 11 is 0. The summed E-state index contributed by atoms with van der Waals surface area (Å²) in [7, 11) is 1.63. The van der Waals surface area contributed by atoms with E-state index in [9.17, 15) is 4.79 Å². The number of ether oxygens (including phenoxy) is 1. The van der Waals surface area contributed by atoms with E-state index in [2.05, 4.69) is 5.32 Å². The zero-order chi connectivity index (χ0) is 12.2. The molecule has 4 heteroatoms. The van der Waals surface area contributed by atoms with Gasteiger partial charge in [0.2, 0.25) is 5.91 Å². The van der Waals surface area contributed by atoms with Crippen molar-refractivity contribution in [2.24, 2.45) is 11.7 Å². The van der Waals surface area contributed by atoms with Crippen LogP contribution in [-0.2, 0) is 9.53 Å². The average Bonchev–Trinajstić information content (AvgIpc) is 2.60. The number of methoxy groups -OCH3 is 1. The molecule has 2 atom stereocenters. The van der Waals surface area contributed by atoms with Crippen LogP contribution in [0.2, 0.25) is 0 Å². The summed E-state index contributed by atoms with van der Waals surface area (Å²) in [6.45, 7) is 4.53. The van der Waals surface area contributed by atoms with E-state index in [4.69, 9.17) is 10.5 Å². The van der Waals surface area contributed by atoms with Crippen molar-refractivity contribution >= 4 is 5.91 Å². The molecule has 0 saturated heterocycles. The second kappa shape index (κ2) is 5.64. The molecule has 4 nitrogen and oxygen atoms in total. The van der Waals surface area contributed by atoms with Gasteiger partial charge in [-0.25, -0.2) is 0 Å². The van der Waals surface area contributed by atoms with Crippen LogP contribution in [0.4, 0.5) is 0 Å². The van der Waals surface area contributed by atoms with Gasteiger partial charge in [0.25, 0.3) is 0 Å². The molecule has 0 spiro atoms. The predicted molar refractivity (Wildman–Crippen MR) is 64.0 cm³/mol. The van der Waals surface area contributed by atoms with Crippen LogP contribution in [0.25, 0.3) is 0 Å². The van der Waals surface area contributed by atoms with Crippen molar-refractivity contribution in [3.8, 4) is 0 Å². The lowest BCUT2D eigenvalue weighted by atomic mass is 10.0. The molecule has 1 aliphatic carbocycles. The molecule has 2 unspecified atom stereocenters. The molecule has 1 saturated carbocycles. The van der Waals surface area contributed by atoms with Gasteiger partial charge in [0.1, 0.15) is 0 Å². The summed E-state index contributed by atoms with van der Waals surface area (Å²) in [5, 5.41) is 2.95. The number of hydrogen-bond acceptors (Lipinski definition) is 3. The SMILES string of the molecule is COC(C)(C)CC(=O)NCC1CCCC1N. The molecule has 1 fully saturated rings. The summed E-state index contributed by atoms with van der Waals surface area (Å²) in [5.41, 5.74) is 5.56.